The van der Waals surface area contributed by atoms with Crippen LogP contribution in [-0.2, 0) is 19.1 Å². The lowest BCUT2D eigenvalue weighted by Gasteiger charge is -2.18. The van der Waals surface area contributed by atoms with Crippen molar-refractivity contribution in [2.45, 2.75) is 19.9 Å². The van der Waals surface area contributed by atoms with E-state index in [9.17, 15) is 19.2 Å². The van der Waals surface area contributed by atoms with Crippen LogP contribution in [-0.4, -0.2) is 37.5 Å². The van der Waals surface area contributed by atoms with Crippen LogP contribution in [0.4, 0.5) is 5.00 Å². The van der Waals surface area contributed by atoms with Gasteiger partial charge in [0, 0.05) is 10.4 Å². The van der Waals surface area contributed by atoms with Gasteiger partial charge in [0.15, 0.2) is 12.6 Å². The maximum Gasteiger partial charge on any atom is 0.341 e. The van der Waals surface area contributed by atoms with E-state index in [0.717, 1.165) is 4.88 Å². The highest BCUT2D eigenvalue weighted by molar-refractivity contribution is 7.16. The lowest BCUT2D eigenvalue weighted by atomic mass is 10.1. The molecular formula is C25H24N2O6S. The Morgan fingerprint density at radius 2 is 1.56 bits per heavy atom. The number of carbonyl (C=O) groups is 4. The first-order valence-electron chi connectivity index (χ1n) is 10.4. The molecule has 0 aliphatic rings. The third-order valence-corrected chi connectivity index (χ3v) is 6.18. The topological polar surface area (TPSA) is 111 Å². The second kappa shape index (κ2) is 11.2. The summed E-state index contributed by atoms with van der Waals surface area (Å²) in [6.07, 6.45) is 0. The average molecular weight is 481 g/mol. The number of methoxy groups -OCH3 is 1. The van der Waals surface area contributed by atoms with E-state index < -0.39 is 36.4 Å². The number of rotatable bonds is 8. The zero-order valence-electron chi connectivity index (χ0n) is 18.9. The third-order valence-electron chi connectivity index (χ3n) is 5.05. The molecule has 2 N–H and O–H groups in total. The van der Waals surface area contributed by atoms with Crippen molar-refractivity contribution in [3.63, 3.8) is 0 Å². The summed E-state index contributed by atoms with van der Waals surface area (Å²) in [5.74, 6) is -2.44. The number of ether oxygens (including phenoxy) is 2. The number of aryl methyl sites for hydroxylation is 1. The van der Waals surface area contributed by atoms with Crippen molar-refractivity contribution in [1.82, 2.24) is 5.32 Å². The van der Waals surface area contributed by atoms with Crippen molar-refractivity contribution in [3.8, 4) is 0 Å². The Morgan fingerprint density at radius 1 is 0.941 bits per heavy atom. The van der Waals surface area contributed by atoms with Gasteiger partial charge in [-0.2, -0.15) is 0 Å². The first-order valence-corrected chi connectivity index (χ1v) is 11.2. The number of anilines is 1. The minimum absolute atomic E-state index is 0.266. The summed E-state index contributed by atoms with van der Waals surface area (Å²) >= 11 is 1.23. The zero-order valence-corrected chi connectivity index (χ0v) is 19.7. The Bertz CT molecular complexity index is 1190. The fourth-order valence-corrected chi connectivity index (χ4v) is 4.24. The molecule has 176 valence electrons. The molecule has 0 aliphatic carbocycles. The maximum absolute atomic E-state index is 12.9. The van der Waals surface area contributed by atoms with Crippen LogP contribution in [0.25, 0.3) is 0 Å². The fourth-order valence-electron chi connectivity index (χ4n) is 3.17. The van der Waals surface area contributed by atoms with Crippen LogP contribution >= 0.6 is 11.3 Å². The van der Waals surface area contributed by atoms with Crippen molar-refractivity contribution >= 4 is 40.1 Å². The Labute approximate surface area is 200 Å². The van der Waals surface area contributed by atoms with Gasteiger partial charge in [-0.05, 0) is 37.1 Å². The van der Waals surface area contributed by atoms with Gasteiger partial charge in [-0.15, -0.1) is 11.3 Å². The molecule has 9 heteroatoms. The van der Waals surface area contributed by atoms with Crippen molar-refractivity contribution in [3.05, 3.63) is 87.8 Å². The van der Waals surface area contributed by atoms with Crippen LogP contribution in [0, 0.1) is 13.8 Å². The molecule has 1 unspecified atom stereocenters. The smallest absolute Gasteiger partial charge is 0.341 e. The summed E-state index contributed by atoms with van der Waals surface area (Å²) in [4.78, 5) is 50.9. The average Bonchev–Trinajstić information content (AvgIpc) is 3.13. The molecule has 3 rings (SSSR count). The van der Waals surface area contributed by atoms with Gasteiger partial charge in [0.1, 0.15) is 5.00 Å². The molecule has 1 aromatic heterocycles. The summed E-state index contributed by atoms with van der Waals surface area (Å²) in [5.41, 5.74) is 1.86. The van der Waals surface area contributed by atoms with Crippen LogP contribution in [0.2, 0.25) is 0 Å². The van der Waals surface area contributed by atoms with E-state index in [0.29, 0.717) is 21.7 Å². The number of hydrogen-bond acceptors (Lipinski definition) is 7. The highest BCUT2D eigenvalue weighted by Gasteiger charge is 2.26. The molecule has 34 heavy (non-hydrogen) atoms. The van der Waals surface area contributed by atoms with Gasteiger partial charge in [0.25, 0.3) is 11.8 Å². The fraction of sp³-hybridized carbons (Fsp3) is 0.200. The van der Waals surface area contributed by atoms with Crippen molar-refractivity contribution in [1.29, 1.82) is 0 Å². The summed E-state index contributed by atoms with van der Waals surface area (Å²) in [5, 5.41) is 5.58. The van der Waals surface area contributed by atoms with Crippen molar-refractivity contribution in [2.24, 2.45) is 0 Å². The van der Waals surface area contributed by atoms with Gasteiger partial charge < -0.3 is 20.1 Å². The molecule has 0 bridgehead atoms. The Morgan fingerprint density at radius 3 is 2.18 bits per heavy atom. The number of esters is 2. The van der Waals surface area contributed by atoms with Crippen molar-refractivity contribution < 1.29 is 28.7 Å². The Balaban J connectivity index is 1.70. The first-order chi connectivity index (χ1) is 16.3. The molecule has 1 heterocycles. The van der Waals surface area contributed by atoms with Crippen LogP contribution in [0.5, 0.6) is 0 Å². The van der Waals surface area contributed by atoms with Crippen LogP contribution in [0.15, 0.2) is 60.7 Å². The molecule has 0 aliphatic heterocycles. The Kier molecular flexibility index (Phi) is 8.15. The number of benzene rings is 2. The van der Waals surface area contributed by atoms with E-state index in [4.69, 9.17) is 9.47 Å². The van der Waals surface area contributed by atoms with Gasteiger partial charge >= 0.3 is 11.9 Å². The normalized spacial score (nSPS) is 11.3. The lowest BCUT2D eigenvalue weighted by molar-refractivity contribution is -0.149. The van der Waals surface area contributed by atoms with Gasteiger partial charge in [-0.25, -0.2) is 9.59 Å². The summed E-state index contributed by atoms with van der Waals surface area (Å²) in [6.45, 7) is 2.98. The number of thiophene rings is 1. The number of hydrogen-bond donors (Lipinski definition) is 2. The molecule has 2 aromatic carbocycles. The molecule has 3 aromatic rings. The largest absolute Gasteiger partial charge is 0.465 e. The number of nitrogens with one attached hydrogen (secondary N) is 2. The first kappa shape index (κ1) is 24.7. The molecule has 8 nitrogen and oxygen atoms in total. The SMILES string of the molecule is COC(=O)c1c(NC(=O)COC(=O)C(NC(=O)c2ccccc2)c2ccccc2)sc(C)c1C. The summed E-state index contributed by atoms with van der Waals surface area (Å²) in [6, 6.07) is 15.9. The molecule has 0 radical (unpaired) electrons. The highest BCUT2D eigenvalue weighted by Crippen LogP contribution is 2.32. The van der Waals surface area contributed by atoms with E-state index in [-0.39, 0.29) is 5.56 Å². The van der Waals surface area contributed by atoms with E-state index in [2.05, 4.69) is 10.6 Å². The molecule has 0 fully saturated rings. The highest BCUT2D eigenvalue weighted by atomic mass is 32.1. The van der Waals surface area contributed by atoms with E-state index in [1.807, 2.05) is 6.92 Å². The Hall–Kier alpha value is -3.98. The third kappa shape index (κ3) is 5.87. The molecule has 0 saturated heterocycles. The minimum atomic E-state index is -1.11. The van der Waals surface area contributed by atoms with Crippen LogP contribution in [0.1, 0.15) is 42.8 Å². The van der Waals surface area contributed by atoms with Crippen LogP contribution in [0.3, 0.4) is 0 Å². The summed E-state index contributed by atoms with van der Waals surface area (Å²) < 4.78 is 10.0. The second-order valence-corrected chi connectivity index (χ2v) is 8.54. The second-order valence-electron chi connectivity index (χ2n) is 7.32. The predicted octanol–water partition coefficient (Wildman–Crippen LogP) is 3.80. The maximum atomic E-state index is 12.9. The zero-order chi connectivity index (χ0) is 24.7. The quantitative estimate of drug-likeness (QED) is 0.475. The molecule has 0 saturated carbocycles. The van der Waals surface area contributed by atoms with Crippen molar-refractivity contribution in [2.75, 3.05) is 19.0 Å². The van der Waals surface area contributed by atoms with E-state index in [1.165, 1.54) is 18.4 Å². The van der Waals surface area contributed by atoms with Gasteiger partial charge in [0.05, 0.1) is 12.7 Å². The minimum Gasteiger partial charge on any atom is -0.465 e. The van der Waals surface area contributed by atoms with Gasteiger partial charge in [-0.3, -0.25) is 9.59 Å². The monoisotopic (exact) mass is 480 g/mol. The number of carbonyl (C=O) groups excluding carboxylic acids is 4. The predicted molar refractivity (Wildman–Crippen MR) is 128 cm³/mol. The molecule has 1 atom stereocenters. The molecule has 0 spiro atoms. The van der Waals surface area contributed by atoms with Gasteiger partial charge in [-0.1, -0.05) is 48.5 Å². The molecular weight excluding hydrogens is 456 g/mol. The lowest BCUT2D eigenvalue weighted by Crippen LogP contribution is -2.36. The van der Waals surface area contributed by atoms with Gasteiger partial charge in [0.2, 0.25) is 0 Å². The number of amides is 2. The standard InChI is InChI=1S/C25H24N2O6S/c1-15-16(2)34-23(20(15)24(30)32-3)26-19(28)14-33-25(31)21(17-10-6-4-7-11-17)27-22(29)18-12-8-5-9-13-18/h4-13,21H,14H2,1-3H3,(H,26,28)(H,27,29). The van der Waals surface area contributed by atoms with E-state index in [1.54, 1.807) is 67.6 Å². The molecule has 2 amide bonds. The van der Waals surface area contributed by atoms with Crippen LogP contribution < -0.4 is 10.6 Å². The van der Waals surface area contributed by atoms with E-state index >= 15 is 0 Å². The summed E-state index contributed by atoms with van der Waals surface area (Å²) in [7, 11) is 1.26.